The zero-order chi connectivity index (χ0) is 10.8. The van der Waals surface area contributed by atoms with Crippen molar-refractivity contribution in [2.75, 3.05) is 0 Å². The molecule has 1 heterocycles. The summed E-state index contributed by atoms with van der Waals surface area (Å²) in [5, 5.41) is 0. The fraction of sp³-hybridized carbons (Fsp3) is 0.667. The monoisotopic (exact) mass is 195 g/mol. The second-order valence-corrected chi connectivity index (χ2v) is 5.12. The molecule has 0 aromatic carbocycles. The largest absolute Gasteiger partial charge is 0.468 e. The molecule has 14 heavy (non-hydrogen) atoms. The summed E-state index contributed by atoms with van der Waals surface area (Å²) in [4.78, 5) is 0. The molecule has 2 unspecified atom stereocenters. The molecule has 2 N–H and O–H groups in total. The summed E-state index contributed by atoms with van der Waals surface area (Å²) in [6.45, 7) is 8.97. The fourth-order valence-electron chi connectivity index (χ4n) is 1.35. The number of furan rings is 1. The van der Waals surface area contributed by atoms with Crippen molar-refractivity contribution in [3.8, 4) is 0 Å². The van der Waals surface area contributed by atoms with Crippen molar-refractivity contribution in [2.45, 2.75) is 40.2 Å². The molecule has 2 atom stereocenters. The standard InChI is InChI=1S/C12H21NO/c1-9(12(2,3)4)8-10(13)11-6-5-7-14-11/h5-7,9-10H,8,13H2,1-4H3. The zero-order valence-corrected chi connectivity index (χ0v) is 9.58. The highest BCUT2D eigenvalue weighted by molar-refractivity contribution is 5.03. The Morgan fingerprint density at radius 1 is 1.43 bits per heavy atom. The van der Waals surface area contributed by atoms with Crippen LogP contribution in [-0.4, -0.2) is 0 Å². The third-order valence-electron chi connectivity index (χ3n) is 2.99. The lowest BCUT2D eigenvalue weighted by molar-refractivity contribution is 0.227. The van der Waals surface area contributed by atoms with E-state index in [1.807, 2.05) is 12.1 Å². The molecule has 1 aromatic rings. The van der Waals surface area contributed by atoms with Gasteiger partial charge in [-0.1, -0.05) is 27.7 Å². The predicted molar refractivity (Wildman–Crippen MR) is 58.9 cm³/mol. The third-order valence-corrected chi connectivity index (χ3v) is 2.99. The molecule has 0 spiro atoms. The molecule has 1 rings (SSSR count). The van der Waals surface area contributed by atoms with Crippen molar-refractivity contribution in [2.24, 2.45) is 17.1 Å². The van der Waals surface area contributed by atoms with E-state index >= 15 is 0 Å². The molecule has 2 nitrogen and oxygen atoms in total. The molecule has 0 aliphatic rings. The van der Waals surface area contributed by atoms with Crippen LogP contribution < -0.4 is 5.73 Å². The summed E-state index contributed by atoms with van der Waals surface area (Å²) in [5.74, 6) is 1.48. The number of hydrogen-bond donors (Lipinski definition) is 1. The molecule has 0 aliphatic heterocycles. The van der Waals surface area contributed by atoms with Gasteiger partial charge in [0.15, 0.2) is 0 Å². The van der Waals surface area contributed by atoms with Gasteiger partial charge in [0.05, 0.1) is 12.3 Å². The van der Waals surface area contributed by atoms with E-state index in [1.165, 1.54) is 0 Å². The molecule has 0 bridgehead atoms. The van der Waals surface area contributed by atoms with Crippen LogP contribution in [0, 0.1) is 11.3 Å². The van der Waals surface area contributed by atoms with Gasteiger partial charge in [-0.25, -0.2) is 0 Å². The smallest absolute Gasteiger partial charge is 0.120 e. The van der Waals surface area contributed by atoms with Crippen molar-refractivity contribution in [1.82, 2.24) is 0 Å². The van der Waals surface area contributed by atoms with Gasteiger partial charge in [0, 0.05) is 0 Å². The summed E-state index contributed by atoms with van der Waals surface area (Å²) in [5.41, 5.74) is 6.35. The first-order valence-corrected chi connectivity index (χ1v) is 5.20. The van der Waals surface area contributed by atoms with E-state index in [1.54, 1.807) is 6.26 Å². The van der Waals surface area contributed by atoms with Crippen LogP contribution >= 0.6 is 0 Å². The zero-order valence-electron chi connectivity index (χ0n) is 9.58. The van der Waals surface area contributed by atoms with Gasteiger partial charge in [-0.3, -0.25) is 0 Å². The van der Waals surface area contributed by atoms with Crippen LogP contribution in [0.2, 0.25) is 0 Å². The van der Waals surface area contributed by atoms with Gasteiger partial charge >= 0.3 is 0 Å². The van der Waals surface area contributed by atoms with E-state index in [2.05, 4.69) is 27.7 Å². The summed E-state index contributed by atoms with van der Waals surface area (Å²) < 4.78 is 5.28. The van der Waals surface area contributed by atoms with Crippen molar-refractivity contribution in [3.05, 3.63) is 24.2 Å². The second-order valence-electron chi connectivity index (χ2n) is 5.12. The van der Waals surface area contributed by atoms with E-state index < -0.39 is 0 Å². The Bertz CT molecular complexity index is 258. The van der Waals surface area contributed by atoms with Gasteiger partial charge < -0.3 is 10.2 Å². The Hall–Kier alpha value is -0.760. The predicted octanol–water partition coefficient (Wildman–Crippen LogP) is 3.35. The van der Waals surface area contributed by atoms with Crippen molar-refractivity contribution < 1.29 is 4.42 Å². The molecular weight excluding hydrogens is 174 g/mol. The Balaban J connectivity index is 2.53. The maximum absolute atomic E-state index is 6.04. The van der Waals surface area contributed by atoms with Crippen LogP contribution in [0.4, 0.5) is 0 Å². The maximum atomic E-state index is 6.04. The molecule has 1 aromatic heterocycles. The highest BCUT2D eigenvalue weighted by Gasteiger charge is 2.23. The molecule has 0 radical (unpaired) electrons. The van der Waals surface area contributed by atoms with Gasteiger partial charge in [-0.05, 0) is 29.9 Å². The van der Waals surface area contributed by atoms with Crippen LogP contribution in [-0.2, 0) is 0 Å². The van der Waals surface area contributed by atoms with Gasteiger partial charge in [-0.15, -0.1) is 0 Å². The molecule has 2 heteroatoms. The lowest BCUT2D eigenvalue weighted by Crippen LogP contribution is -2.22. The maximum Gasteiger partial charge on any atom is 0.120 e. The normalized spacial score (nSPS) is 16.6. The highest BCUT2D eigenvalue weighted by Crippen LogP contribution is 2.32. The van der Waals surface area contributed by atoms with Crippen LogP contribution in [0.3, 0.4) is 0 Å². The minimum absolute atomic E-state index is 0.0271. The third kappa shape index (κ3) is 2.88. The van der Waals surface area contributed by atoms with Gasteiger partial charge in [0.25, 0.3) is 0 Å². The molecule has 80 valence electrons. The van der Waals surface area contributed by atoms with E-state index in [0.717, 1.165) is 12.2 Å². The Labute approximate surface area is 86.5 Å². The van der Waals surface area contributed by atoms with Crippen LogP contribution in [0.25, 0.3) is 0 Å². The fourth-order valence-corrected chi connectivity index (χ4v) is 1.35. The average molecular weight is 195 g/mol. The molecule has 0 saturated heterocycles. The molecule has 0 fully saturated rings. The summed E-state index contributed by atoms with van der Waals surface area (Å²) in [7, 11) is 0. The van der Waals surface area contributed by atoms with Crippen LogP contribution in [0.15, 0.2) is 22.8 Å². The molecule has 0 saturated carbocycles. The van der Waals surface area contributed by atoms with E-state index in [9.17, 15) is 0 Å². The van der Waals surface area contributed by atoms with Gasteiger partial charge in [-0.2, -0.15) is 0 Å². The number of hydrogen-bond acceptors (Lipinski definition) is 2. The van der Waals surface area contributed by atoms with Crippen molar-refractivity contribution >= 4 is 0 Å². The van der Waals surface area contributed by atoms with Gasteiger partial charge in [0.2, 0.25) is 0 Å². The van der Waals surface area contributed by atoms with Crippen molar-refractivity contribution in [3.63, 3.8) is 0 Å². The summed E-state index contributed by atoms with van der Waals surface area (Å²) in [6, 6.07) is 3.86. The van der Waals surface area contributed by atoms with Crippen LogP contribution in [0.5, 0.6) is 0 Å². The van der Waals surface area contributed by atoms with Crippen molar-refractivity contribution in [1.29, 1.82) is 0 Å². The molecule has 0 amide bonds. The highest BCUT2D eigenvalue weighted by atomic mass is 16.3. The number of rotatable bonds is 3. The SMILES string of the molecule is CC(CC(N)c1ccco1)C(C)(C)C. The lowest BCUT2D eigenvalue weighted by atomic mass is 9.78. The quantitative estimate of drug-likeness (QED) is 0.803. The summed E-state index contributed by atoms with van der Waals surface area (Å²) in [6.07, 6.45) is 2.65. The Kier molecular flexibility index (Phi) is 3.38. The lowest BCUT2D eigenvalue weighted by Gasteiger charge is -2.28. The molecule has 0 aliphatic carbocycles. The topological polar surface area (TPSA) is 39.2 Å². The number of nitrogens with two attached hydrogens (primary N) is 1. The van der Waals surface area contributed by atoms with E-state index in [4.69, 9.17) is 10.2 Å². The van der Waals surface area contributed by atoms with E-state index in [0.29, 0.717) is 11.3 Å². The Morgan fingerprint density at radius 2 is 2.07 bits per heavy atom. The average Bonchev–Trinajstić information content (AvgIpc) is 2.53. The first-order chi connectivity index (χ1) is 6.41. The first-order valence-electron chi connectivity index (χ1n) is 5.20. The van der Waals surface area contributed by atoms with Crippen LogP contribution in [0.1, 0.15) is 45.9 Å². The van der Waals surface area contributed by atoms with E-state index in [-0.39, 0.29) is 6.04 Å². The summed E-state index contributed by atoms with van der Waals surface area (Å²) >= 11 is 0. The Morgan fingerprint density at radius 3 is 2.50 bits per heavy atom. The first kappa shape index (κ1) is 11.3. The van der Waals surface area contributed by atoms with Gasteiger partial charge in [0.1, 0.15) is 5.76 Å². The molecular formula is C12H21NO. The minimum Gasteiger partial charge on any atom is -0.468 e. The second kappa shape index (κ2) is 4.18. The minimum atomic E-state index is 0.0271.